The van der Waals surface area contributed by atoms with Crippen LogP contribution in [-0.4, -0.2) is 43.4 Å². The molecular formula is C24H32ClN3OS. The summed E-state index contributed by atoms with van der Waals surface area (Å²) in [6.07, 6.45) is 3.54. The summed E-state index contributed by atoms with van der Waals surface area (Å²) in [5.41, 5.74) is 6.05. The van der Waals surface area contributed by atoms with E-state index in [1.807, 2.05) is 25.1 Å². The number of fused-ring (bicyclic) bond motifs is 1. The van der Waals surface area contributed by atoms with Gasteiger partial charge in [0.05, 0.1) is 6.61 Å². The number of thiocarbonyl (C=S) groups is 1. The van der Waals surface area contributed by atoms with Crippen molar-refractivity contribution in [2.24, 2.45) is 0 Å². The zero-order valence-corrected chi connectivity index (χ0v) is 19.8. The molecule has 0 saturated heterocycles. The third kappa shape index (κ3) is 5.65. The van der Waals surface area contributed by atoms with Crippen molar-refractivity contribution in [2.45, 2.75) is 39.7 Å². The first-order chi connectivity index (χ1) is 14.5. The fourth-order valence-corrected chi connectivity index (χ4v) is 4.38. The smallest absolute Gasteiger partial charge is 0.173 e. The van der Waals surface area contributed by atoms with Crippen LogP contribution in [0.3, 0.4) is 0 Å². The Balaban J connectivity index is 1.76. The molecule has 6 heteroatoms. The molecule has 0 aromatic heterocycles. The van der Waals surface area contributed by atoms with Crippen molar-refractivity contribution in [3.8, 4) is 0 Å². The molecule has 1 N–H and O–H groups in total. The van der Waals surface area contributed by atoms with E-state index in [9.17, 15) is 0 Å². The minimum Gasteiger partial charge on any atom is -0.383 e. The zero-order chi connectivity index (χ0) is 21.5. The van der Waals surface area contributed by atoms with Crippen LogP contribution in [0.25, 0.3) is 0 Å². The number of nitrogens with zero attached hydrogens (tertiary/aromatic N) is 2. The van der Waals surface area contributed by atoms with Gasteiger partial charge in [-0.2, -0.15) is 0 Å². The van der Waals surface area contributed by atoms with Crippen LogP contribution in [0.5, 0.6) is 0 Å². The molecule has 162 valence electrons. The average Bonchev–Trinajstić information content (AvgIpc) is 2.74. The van der Waals surface area contributed by atoms with Crippen LogP contribution < -0.4 is 10.2 Å². The molecule has 2 aromatic carbocycles. The summed E-state index contributed by atoms with van der Waals surface area (Å²) in [5, 5.41) is 4.79. The monoisotopic (exact) mass is 445 g/mol. The fraction of sp³-hybridized carbons (Fsp3) is 0.458. The second-order valence-electron chi connectivity index (χ2n) is 7.81. The van der Waals surface area contributed by atoms with Crippen LogP contribution in [0, 0.1) is 6.92 Å². The molecule has 0 atom stereocenters. The second kappa shape index (κ2) is 11.0. The maximum atomic E-state index is 6.27. The Bertz CT molecular complexity index is 874. The van der Waals surface area contributed by atoms with E-state index in [2.05, 4.69) is 40.2 Å². The van der Waals surface area contributed by atoms with E-state index in [1.165, 1.54) is 29.7 Å². The number of benzene rings is 2. The van der Waals surface area contributed by atoms with Crippen LogP contribution in [0.15, 0.2) is 36.4 Å². The van der Waals surface area contributed by atoms with Crippen molar-refractivity contribution < 1.29 is 4.74 Å². The van der Waals surface area contributed by atoms with Crippen LogP contribution in [-0.2, 0) is 17.7 Å². The van der Waals surface area contributed by atoms with Gasteiger partial charge in [0.2, 0.25) is 0 Å². The van der Waals surface area contributed by atoms with Gasteiger partial charge in [-0.05, 0) is 73.3 Å². The van der Waals surface area contributed by atoms with E-state index in [0.717, 1.165) is 48.9 Å². The minimum atomic E-state index is 0.617. The fourth-order valence-electron chi connectivity index (χ4n) is 3.94. The molecule has 0 saturated carbocycles. The highest BCUT2D eigenvalue weighted by atomic mass is 35.5. The van der Waals surface area contributed by atoms with E-state index in [0.29, 0.717) is 11.7 Å². The first-order valence-electron chi connectivity index (χ1n) is 10.7. The van der Waals surface area contributed by atoms with Gasteiger partial charge in [-0.15, -0.1) is 0 Å². The third-order valence-corrected chi connectivity index (χ3v) is 6.36. The largest absolute Gasteiger partial charge is 0.383 e. The van der Waals surface area contributed by atoms with Gasteiger partial charge in [0, 0.05) is 49.7 Å². The molecule has 0 spiro atoms. The molecule has 1 aliphatic heterocycles. The molecule has 3 rings (SSSR count). The van der Waals surface area contributed by atoms with Crippen molar-refractivity contribution in [1.82, 2.24) is 4.90 Å². The predicted molar refractivity (Wildman–Crippen MR) is 132 cm³/mol. The standard InChI is InChI=1S/C24H32ClN3OS/c1-4-12-27-13-6-7-20-16-19(10-11-23(20)27)17-28(14-15-29-3)24(30)26-22-9-5-8-21(25)18(22)2/h5,8-11,16H,4,6-7,12-15,17H2,1-3H3,(H,26,30). The Morgan fingerprint density at radius 3 is 2.90 bits per heavy atom. The van der Waals surface area contributed by atoms with Crippen LogP contribution in [0.4, 0.5) is 11.4 Å². The topological polar surface area (TPSA) is 27.7 Å². The summed E-state index contributed by atoms with van der Waals surface area (Å²) in [7, 11) is 1.72. The summed E-state index contributed by atoms with van der Waals surface area (Å²) < 4.78 is 5.33. The van der Waals surface area contributed by atoms with Crippen molar-refractivity contribution in [1.29, 1.82) is 0 Å². The highest BCUT2D eigenvalue weighted by molar-refractivity contribution is 7.80. The van der Waals surface area contributed by atoms with Crippen molar-refractivity contribution >= 4 is 40.3 Å². The Morgan fingerprint density at radius 1 is 1.30 bits per heavy atom. The number of rotatable bonds is 8. The molecule has 1 aliphatic rings. The van der Waals surface area contributed by atoms with Gasteiger partial charge in [0.15, 0.2) is 5.11 Å². The number of ether oxygens (including phenoxy) is 1. The number of anilines is 2. The van der Waals surface area contributed by atoms with Gasteiger partial charge in [-0.1, -0.05) is 36.7 Å². The van der Waals surface area contributed by atoms with Crippen LogP contribution >= 0.6 is 23.8 Å². The molecule has 4 nitrogen and oxygen atoms in total. The molecule has 1 heterocycles. The quantitative estimate of drug-likeness (QED) is 0.529. The first-order valence-corrected chi connectivity index (χ1v) is 11.5. The number of aryl methyl sites for hydroxylation is 1. The maximum absolute atomic E-state index is 6.27. The Hall–Kier alpha value is -1.82. The lowest BCUT2D eigenvalue weighted by atomic mass is 9.99. The lowest BCUT2D eigenvalue weighted by molar-refractivity contribution is 0.175. The SMILES string of the molecule is CCCN1CCCc2cc(CN(CCOC)C(=S)Nc3cccc(Cl)c3C)ccc21. The van der Waals surface area contributed by atoms with Crippen LogP contribution in [0.1, 0.15) is 36.5 Å². The molecule has 0 fully saturated rings. The van der Waals surface area contributed by atoms with Gasteiger partial charge in [0.25, 0.3) is 0 Å². The Labute approximate surface area is 191 Å². The zero-order valence-electron chi connectivity index (χ0n) is 18.2. The number of hydrogen-bond donors (Lipinski definition) is 1. The number of hydrogen-bond acceptors (Lipinski definition) is 3. The molecular weight excluding hydrogens is 414 g/mol. The van der Waals surface area contributed by atoms with E-state index < -0.39 is 0 Å². The van der Waals surface area contributed by atoms with Gasteiger partial charge in [-0.25, -0.2) is 0 Å². The predicted octanol–water partition coefficient (Wildman–Crippen LogP) is 5.66. The summed E-state index contributed by atoms with van der Waals surface area (Å²) in [5.74, 6) is 0. The molecule has 0 aliphatic carbocycles. The van der Waals surface area contributed by atoms with E-state index >= 15 is 0 Å². The molecule has 0 amide bonds. The number of halogens is 1. The van der Waals surface area contributed by atoms with Crippen molar-refractivity contribution in [3.63, 3.8) is 0 Å². The van der Waals surface area contributed by atoms with Gasteiger partial charge < -0.3 is 19.9 Å². The van der Waals surface area contributed by atoms with Crippen molar-refractivity contribution in [2.75, 3.05) is 43.6 Å². The lowest BCUT2D eigenvalue weighted by Gasteiger charge is -2.32. The number of nitrogens with one attached hydrogen (secondary N) is 1. The summed E-state index contributed by atoms with van der Waals surface area (Å²) in [6.45, 7) is 8.61. The molecule has 30 heavy (non-hydrogen) atoms. The molecule has 0 radical (unpaired) electrons. The Kier molecular flexibility index (Phi) is 8.37. The third-order valence-electron chi connectivity index (χ3n) is 5.59. The van der Waals surface area contributed by atoms with Crippen LogP contribution in [0.2, 0.25) is 5.02 Å². The van der Waals surface area contributed by atoms with E-state index in [-0.39, 0.29) is 0 Å². The average molecular weight is 446 g/mol. The molecule has 2 aromatic rings. The lowest BCUT2D eigenvalue weighted by Crippen LogP contribution is -2.37. The minimum absolute atomic E-state index is 0.617. The van der Waals surface area contributed by atoms with Gasteiger partial charge >= 0.3 is 0 Å². The highest BCUT2D eigenvalue weighted by Gasteiger charge is 2.18. The van der Waals surface area contributed by atoms with Gasteiger partial charge in [0.1, 0.15) is 0 Å². The number of methoxy groups -OCH3 is 1. The van der Waals surface area contributed by atoms with E-state index in [4.69, 9.17) is 28.6 Å². The maximum Gasteiger partial charge on any atom is 0.173 e. The van der Waals surface area contributed by atoms with Gasteiger partial charge in [-0.3, -0.25) is 0 Å². The second-order valence-corrected chi connectivity index (χ2v) is 8.60. The summed E-state index contributed by atoms with van der Waals surface area (Å²) >= 11 is 12.0. The highest BCUT2D eigenvalue weighted by Crippen LogP contribution is 2.29. The summed E-state index contributed by atoms with van der Waals surface area (Å²) in [4.78, 5) is 4.67. The van der Waals surface area contributed by atoms with Crippen molar-refractivity contribution in [3.05, 3.63) is 58.1 Å². The first kappa shape index (κ1) is 22.9. The molecule has 0 bridgehead atoms. The summed E-state index contributed by atoms with van der Waals surface area (Å²) in [6, 6.07) is 12.7. The Morgan fingerprint density at radius 2 is 2.13 bits per heavy atom. The van der Waals surface area contributed by atoms with E-state index in [1.54, 1.807) is 7.11 Å². The normalized spacial score (nSPS) is 13.1. The molecule has 0 unspecified atom stereocenters.